The van der Waals surface area contributed by atoms with Gasteiger partial charge in [0.2, 0.25) is 5.91 Å². The van der Waals surface area contributed by atoms with Gasteiger partial charge in [0.1, 0.15) is 24.4 Å². The van der Waals surface area contributed by atoms with E-state index >= 15 is 0 Å². The molecule has 3 rings (SSSR count). The number of nitrogens with one attached hydrogen (secondary N) is 1. The lowest BCUT2D eigenvalue weighted by atomic mass is 9.92. The van der Waals surface area contributed by atoms with E-state index in [2.05, 4.69) is 5.32 Å². The Bertz CT molecular complexity index is 904. The van der Waals surface area contributed by atoms with Gasteiger partial charge in [-0.05, 0) is 36.8 Å². The maximum atomic E-state index is 12.9. The van der Waals surface area contributed by atoms with Gasteiger partial charge < -0.3 is 15.0 Å². The van der Waals surface area contributed by atoms with Gasteiger partial charge in [0.25, 0.3) is 5.91 Å². The maximum absolute atomic E-state index is 12.9. The molecule has 2 aromatic carbocycles. The molecule has 0 saturated carbocycles. The number of hydrogen-bond acceptors (Lipinski definition) is 4. The van der Waals surface area contributed by atoms with Crippen LogP contribution in [0.3, 0.4) is 0 Å². The van der Waals surface area contributed by atoms with Gasteiger partial charge in [0.05, 0.1) is 6.54 Å². The number of nitrogens with zero attached hydrogens (tertiary/aromatic N) is 2. The number of rotatable bonds is 7. The predicted molar refractivity (Wildman–Crippen MR) is 109 cm³/mol. The number of carbonyl (C=O) groups is 3. The number of hydrogen-bond donors (Lipinski definition) is 1. The summed E-state index contributed by atoms with van der Waals surface area (Å²) in [4.78, 5) is 40.1. The fourth-order valence-corrected chi connectivity index (χ4v) is 3.15. The SMILES string of the molecule is CN(CCOc1ccc(Cl)cc1)C(=O)CN1C(=O)NC(C)(c2ccccc2)C1=O. The Balaban J connectivity index is 1.56. The molecule has 7 nitrogen and oxygen atoms in total. The molecule has 1 N–H and O–H groups in total. The summed E-state index contributed by atoms with van der Waals surface area (Å²) in [6.07, 6.45) is 0. The molecule has 0 bridgehead atoms. The predicted octanol–water partition coefficient (Wildman–Crippen LogP) is 2.64. The van der Waals surface area contributed by atoms with Gasteiger partial charge in [-0.2, -0.15) is 0 Å². The van der Waals surface area contributed by atoms with Crippen LogP contribution < -0.4 is 10.1 Å². The molecule has 1 saturated heterocycles. The average molecular weight is 416 g/mol. The summed E-state index contributed by atoms with van der Waals surface area (Å²) in [6, 6.07) is 15.3. The zero-order valence-electron chi connectivity index (χ0n) is 16.2. The smallest absolute Gasteiger partial charge is 0.325 e. The fraction of sp³-hybridized carbons (Fsp3) is 0.286. The van der Waals surface area contributed by atoms with E-state index in [1.165, 1.54) is 4.90 Å². The van der Waals surface area contributed by atoms with E-state index in [9.17, 15) is 14.4 Å². The van der Waals surface area contributed by atoms with E-state index in [1.54, 1.807) is 62.5 Å². The lowest BCUT2D eigenvalue weighted by molar-refractivity contribution is -0.138. The minimum Gasteiger partial charge on any atom is -0.492 e. The Morgan fingerprint density at radius 1 is 1.14 bits per heavy atom. The monoisotopic (exact) mass is 415 g/mol. The van der Waals surface area contributed by atoms with E-state index in [0.29, 0.717) is 22.9 Å². The van der Waals surface area contributed by atoms with Crippen LogP contribution in [0.2, 0.25) is 5.02 Å². The Morgan fingerprint density at radius 3 is 2.45 bits per heavy atom. The van der Waals surface area contributed by atoms with Gasteiger partial charge in [-0.15, -0.1) is 0 Å². The maximum Gasteiger partial charge on any atom is 0.325 e. The van der Waals surface area contributed by atoms with Crippen LogP contribution in [0.15, 0.2) is 54.6 Å². The molecule has 2 aromatic rings. The zero-order chi connectivity index (χ0) is 21.0. The second kappa shape index (κ2) is 8.53. The van der Waals surface area contributed by atoms with Crippen molar-refractivity contribution in [2.75, 3.05) is 26.7 Å². The van der Waals surface area contributed by atoms with Crippen molar-refractivity contribution in [3.8, 4) is 5.75 Å². The number of urea groups is 1. The summed E-state index contributed by atoms with van der Waals surface area (Å²) in [7, 11) is 1.60. The summed E-state index contributed by atoms with van der Waals surface area (Å²) in [5.74, 6) is -0.165. The molecule has 1 atom stereocenters. The summed E-state index contributed by atoms with van der Waals surface area (Å²) in [6.45, 7) is 1.88. The summed E-state index contributed by atoms with van der Waals surface area (Å²) >= 11 is 5.83. The molecular weight excluding hydrogens is 394 g/mol. The van der Waals surface area contributed by atoms with Gasteiger partial charge in [-0.1, -0.05) is 41.9 Å². The van der Waals surface area contributed by atoms with Crippen LogP contribution in [-0.4, -0.2) is 54.4 Å². The third kappa shape index (κ3) is 4.51. The van der Waals surface area contributed by atoms with Gasteiger partial charge in [0.15, 0.2) is 0 Å². The highest BCUT2D eigenvalue weighted by Gasteiger charge is 2.49. The number of amides is 4. The van der Waals surface area contributed by atoms with Crippen molar-refractivity contribution < 1.29 is 19.1 Å². The molecule has 1 aliphatic rings. The van der Waals surface area contributed by atoms with Crippen molar-refractivity contribution in [1.29, 1.82) is 0 Å². The number of halogens is 1. The molecule has 1 fully saturated rings. The highest BCUT2D eigenvalue weighted by molar-refractivity contribution is 6.30. The van der Waals surface area contributed by atoms with Crippen molar-refractivity contribution >= 4 is 29.4 Å². The van der Waals surface area contributed by atoms with Crippen LogP contribution >= 0.6 is 11.6 Å². The number of benzene rings is 2. The average Bonchev–Trinajstić information content (AvgIpc) is 2.94. The largest absolute Gasteiger partial charge is 0.492 e. The van der Waals surface area contributed by atoms with Crippen molar-refractivity contribution in [3.05, 3.63) is 65.2 Å². The molecule has 0 spiro atoms. The first kappa shape index (κ1) is 20.7. The molecule has 0 radical (unpaired) electrons. The van der Waals surface area contributed by atoms with Crippen LogP contribution in [-0.2, 0) is 15.1 Å². The Labute approximate surface area is 174 Å². The molecular formula is C21H22ClN3O4. The van der Waals surface area contributed by atoms with E-state index in [0.717, 1.165) is 4.90 Å². The second-order valence-electron chi connectivity index (χ2n) is 6.93. The molecule has 29 heavy (non-hydrogen) atoms. The van der Waals surface area contributed by atoms with Crippen molar-refractivity contribution in [2.45, 2.75) is 12.5 Å². The van der Waals surface area contributed by atoms with Gasteiger partial charge in [-0.25, -0.2) is 4.79 Å². The first-order valence-electron chi connectivity index (χ1n) is 9.13. The fourth-order valence-electron chi connectivity index (χ4n) is 3.02. The van der Waals surface area contributed by atoms with Crippen molar-refractivity contribution in [1.82, 2.24) is 15.1 Å². The second-order valence-corrected chi connectivity index (χ2v) is 7.37. The molecule has 152 valence electrons. The Hall–Kier alpha value is -3.06. The highest BCUT2D eigenvalue weighted by atomic mass is 35.5. The quantitative estimate of drug-likeness (QED) is 0.705. The lowest BCUT2D eigenvalue weighted by Gasteiger charge is -2.23. The molecule has 0 aliphatic carbocycles. The van der Waals surface area contributed by atoms with Crippen LogP contribution in [0.4, 0.5) is 4.79 Å². The normalized spacial score (nSPS) is 18.5. The van der Waals surface area contributed by atoms with E-state index in [1.807, 2.05) is 6.07 Å². The van der Waals surface area contributed by atoms with Crippen LogP contribution in [0.1, 0.15) is 12.5 Å². The number of imide groups is 1. The van der Waals surface area contributed by atoms with Crippen molar-refractivity contribution in [2.24, 2.45) is 0 Å². The van der Waals surface area contributed by atoms with Crippen LogP contribution in [0.25, 0.3) is 0 Å². The molecule has 0 aromatic heterocycles. The zero-order valence-corrected chi connectivity index (χ0v) is 17.0. The topological polar surface area (TPSA) is 79.0 Å². The van der Waals surface area contributed by atoms with Gasteiger partial charge in [0, 0.05) is 12.1 Å². The Kier molecular flexibility index (Phi) is 6.08. The molecule has 4 amide bonds. The van der Waals surface area contributed by atoms with E-state index in [4.69, 9.17) is 16.3 Å². The number of ether oxygens (including phenoxy) is 1. The Morgan fingerprint density at radius 2 is 1.79 bits per heavy atom. The third-order valence-corrected chi connectivity index (χ3v) is 5.11. The van der Waals surface area contributed by atoms with Crippen LogP contribution in [0.5, 0.6) is 5.75 Å². The van der Waals surface area contributed by atoms with Crippen molar-refractivity contribution in [3.63, 3.8) is 0 Å². The van der Waals surface area contributed by atoms with Crippen LogP contribution in [0, 0.1) is 0 Å². The summed E-state index contributed by atoms with van der Waals surface area (Å²) in [5, 5.41) is 3.30. The molecule has 1 aliphatic heterocycles. The summed E-state index contributed by atoms with van der Waals surface area (Å²) < 4.78 is 5.57. The minimum absolute atomic E-state index is 0.270. The highest BCUT2D eigenvalue weighted by Crippen LogP contribution is 2.28. The van der Waals surface area contributed by atoms with Gasteiger partial charge in [-0.3, -0.25) is 14.5 Å². The molecule has 8 heteroatoms. The third-order valence-electron chi connectivity index (χ3n) is 4.85. The van der Waals surface area contributed by atoms with Gasteiger partial charge >= 0.3 is 6.03 Å². The number of carbonyl (C=O) groups excluding carboxylic acids is 3. The van der Waals surface area contributed by atoms with E-state index < -0.39 is 17.5 Å². The minimum atomic E-state index is -1.19. The molecule has 1 heterocycles. The van der Waals surface area contributed by atoms with E-state index in [-0.39, 0.29) is 19.1 Å². The first-order chi connectivity index (χ1) is 13.8. The standard InChI is InChI=1S/C21H22ClN3O4/c1-21(15-6-4-3-5-7-15)19(27)25(20(28)23-21)14-18(26)24(2)12-13-29-17-10-8-16(22)9-11-17/h3-11H,12-14H2,1-2H3,(H,23,28). The molecule has 1 unspecified atom stereocenters. The summed E-state index contributed by atoms with van der Waals surface area (Å²) in [5.41, 5.74) is -0.521. The first-order valence-corrected chi connectivity index (χ1v) is 9.51. The number of likely N-dealkylation sites (N-methyl/N-ethyl adjacent to an activating group) is 1. The lowest BCUT2D eigenvalue weighted by Crippen LogP contribution is -2.44.